The van der Waals surface area contributed by atoms with Gasteiger partial charge in [-0.2, -0.15) is 0 Å². The fourth-order valence-corrected chi connectivity index (χ4v) is 2.36. The van der Waals surface area contributed by atoms with E-state index < -0.39 is 18.0 Å². The van der Waals surface area contributed by atoms with E-state index in [1.165, 1.54) is 12.0 Å². The molecule has 1 heterocycles. The Balaban J connectivity index is 1.96. The first-order valence-electron chi connectivity index (χ1n) is 7.18. The molecule has 2 rings (SSSR count). The van der Waals surface area contributed by atoms with Crippen LogP contribution >= 0.6 is 0 Å². The van der Waals surface area contributed by atoms with Gasteiger partial charge in [0.25, 0.3) is 0 Å². The summed E-state index contributed by atoms with van der Waals surface area (Å²) in [4.78, 5) is 37.1. The minimum absolute atomic E-state index is 0.0130. The maximum atomic E-state index is 12.1. The lowest BCUT2D eigenvalue weighted by molar-refractivity contribution is -0.149. The molecule has 1 fully saturated rings. The van der Waals surface area contributed by atoms with Crippen molar-refractivity contribution in [3.63, 3.8) is 0 Å². The molecule has 1 amide bonds. The monoisotopic (exact) mass is 305 g/mol. The second-order valence-corrected chi connectivity index (χ2v) is 5.13. The number of hydrogen-bond donors (Lipinski definition) is 0. The summed E-state index contributed by atoms with van der Waals surface area (Å²) in [7, 11) is 1.23. The number of carbonyl (C=O) groups excluding carboxylic acids is 3. The molecule has 1 aliphatic heterocycles. The van der Waals surface area contributed by atoms with E-state index in [2.05, 4.69) is 4.74 Å². The van der Waals surface area contributed by atoms with Crippen LogP contribution in [0.2, 0.25) is 0 Å². The molecule has 0 radical (unpaired) electrons. The highest BCUT2D eigenvalue weighted by Crippen LogP contribution is 2.16. The smallest absolute Gasteiger partial charge is 0.410 e. The molecule has 22 heavy (non-hydrogen) atoms. The van der Waals surface area contributed by atoms with E-state index in [0.29, 0.717) is 13.0 Å². The van der Waals surface area contributed by atoms with Crippen LogP contribution in [0.4, 0.5) is 4.79 Å². The van der Waals surface area contributed by atoms with Gasteiger partial charge in [0.05, 0.1) is 7.11 Å². The van der Waals surface area contributed by atoms with Gasteiger partial charge in [-0.3, -0.25) is 9.59 Å². The van der Waals surface area contributed by atoms with E-state index in [9.17, 15) is 14.4 Å². The molecule has 1 aromatic rings. The predicted octanol–water partition coefficient (Wildman–Crippen LogP) is 1.78. The zero-order chi connectivity index (χ0) is 15.9. The maximum absolute atomic E-state index is 12.1. The molecule has 1 saturated heterocycles. The van der Waals surface area contributed by atoms with E-state index in [1.54, 1.807) is 0 Å². The summed E-state index contributed by atoms with van der Waals surface area (Å²) < 4.78 is 9.88. The van der Waals surface area contributed by atoms with Crippen LogP contribution in [-0.2, 0) is 25.7 Å². The number of ether oxygens (including phenoxy) is 2. The summed E-state index contributed by atoms with van der Waals surface area (Å²) in [6, 6.07) is 9.32. The molecule has 0 bridgehead atoms. The molecule has 0 N–H and O–H groups in total. The second kappa shape index (κ2) is 7.59. The predicted molar refractivity (Wildman–Crippen MR) is 77.9 cm³/mol. The van der Waals surface area contributed by atoms with Gasteiger partial charge in [0, 0.05) is 19.5 Å². The summed E-state index contributed by atoms with van der Waals surface area (Å²) >= 11 is 0. The molecule has 1 unspecified atom stereocenters. The van der Waals surface area contributed by atoms with Crippen molar-refractivity contribution in [1.82, 2.24) is 4.90 Å². The Hall–Kier alpha value is -2.37. The molecule has 0 saturated carbocycles. The first-order valence-corrected chi connectivity index (χ1v) is 7.18. The zero-order valence-electron chi connectivity index (χ0n) is 12.5. The van der Waals surface area contributed by atoms with Crippen molar-refractivity contribution < 1.29 is 23.9 Å². The molecular weight excluding hydrogens is 286 g/mol. The second-order valence-electron chi connectivity index (χ2n) is 5.13. The largest absolute Gasteiger partial charge is 0.468 e. The third-order valence-electron chi connectivity index (χ3n) is 3.59. The normalized spacial score (nSPS) is 18.5. The van der Waals surface area contributed by atoms with Gasteiger partial charge in [0.1, 0.15) is 18.3 Å². The lowest BCUT2D eigenvalue weighted by atomic mass is 10.0. The Morgan fingerprint density at radius 1 is 1.27 bits per heavy atom. The molecule has 118 valence electrons. The third kappa shape index (κ3) is 4.07. The van der Waals surface area contributed by atoms with Gasteiger partial charge in [-0.1, -0.05) is 30.3 Å². The molecule has 0 aromatic heterocycles. The average molecular weight is 305 g/mol. The van der Waals surface area contributed by atoms with Crippen molar-refractivity contribution in [1.29, 1.82) is 0 Å². The van der Waals surface area contributed by atoms with Gasteiger partial charge >= 0.3 is 12.1 Å². The number of likely N-dealkylation sites (tertiary alicyclic amines) is 1. The highest BCUT2D eigenvalue weighted by atomic mass is 16.6. The first kappa shape index (κ1) is 16.0. The standard InChI is InChI=1S/C16H19NO5/c1-21-15(19)13-10-17(9-5-8-14(13)18)16(20)22-11-12-6-3-2-4-7-12/h2-4,6-7,13H,5,8-11H2,1H3. The van der Waals surface area contributed by atoms with Gasteiger partial charge in [0.15, 0.2) is 0 Å². The zero-order valence-corrected chi connectivity index (χ0v) is 12.5. The van der Waals surface area contributed by atoms with E-state index in [-0.39, 0.29) is 25.4 Å². The lowest BCUT2D eigenvalue weighted by Crippen LogP contribution is -2.39. The van der Waals surface area contributed by atoms with Crippen LogP contribution in [0.3, 0.4) is 0 Å². The van der Waals surface area contributed by atoms with Gasteiger partial charge in [-0.05, 0) is 12.0 Å². The number of carbonyl (C=O) groups is 3. The summed E-state index contributed by atoms with van der Waals surface area (Å²) in [5.74, 6) is -1.71. The molecule has 6 nitrogen and oxygen atoms in total. The number of ketones is 1. The molecule has 1 aliphatic rings. The molecule has 1 atom stereocenters. The summed E-state index contributed by atoms with van der Waals surface area (Å²) in [6.07, 6.45) is 0.266. The lowest BCUT2D eigenvalue weighted by Gasteiger charge is -2.22. The van der Waals surface area contributed by atoms with Crippen LogP contribution in [0.1, 0.15) is 18.4 Å². The molecule has 6 heteroatoms. The highest BCUT2D eigenvalue weighted by molar-refractivity contribution is 5.99. The van der Waals surface area contributed by atoms with Crippen LogP contribution in [-0.4, -0.2) is 42.9 Å². The third-order valence-corrected chi connectivity index (χ3v) is 3.59. The molecule has 1 aromatic carbocycles. The number of amides is 1. The number of rotatable bonds is 3. The van der Waals surface area contributed by atoms with E-state index in [1.807, 2.05) is 30.3 Å². The number of esters is 1. The van der Waals surface area contributed by atoms with Crippen molar-refractivity contribution in [3.05, 3.63) is 35.9 Å². The summed E-state index contributed by atoms with van der Waals surface area (Å²) in [6.45, 7) is 0.568. The minimum Gasteiger partial charge on any atom is -0.468 e. The number of methoxy groups -OCH3 is 1. The topological polar surface area (TPSA) is 72.9 Å². The quantitative estimate of drug-likeness (QED) is 0.628. The van der Waals surface area contributed by atoms with Crippen molar-refractivity contribution in [3.8, 4) is 0 Å². The van der Waals surface area contributed by atoms with Crippen LogP contribution < -0.4 is 0 Å². The van der Waals surface area contributed by atoms with E-state index in [0.717, 1.165) is 5.56 Å². The SMILES string of the molecule is COC(=O)C1CN(C(=O)OCc2ccccc2)CCCC1=O. The Bertz CT molecular complexity index is 543. The van der Waals surface area contributed by atoms with Crippen LogP contribution in [0, 0.1) is 5.92 Å². The average Bonchev–Trinajstić information content (AvgIpc) is 2.74. The number of nitrogens with zero attached hydrogens (tertiary/aromatic N) is 1. The van der Waals surface area contributed by atoms with E-state index in [4.69, 9.17) is 4.74 Å². The van der Waals surface area contributed by atoms with Gasteiger partial charge in [-0.15, -0.1) is 0 Å². The Kier molecular flexibility index (Phi) is 5.52. The first-order chi connectivity index (χ1) is 10.6. The van der Waals surface area contributed by atoms with Crippen molar-refractivity contribution in [2.75, 3.05) is 20.2 Å². The Morgan fingerprint density at radius 3 is 2.68 bits per heavy atom. The maximum Gasteiger partial charge on any atom is 0.410 e. The van der Waals surface area contributed by atoms with E-state index >= 15 is 0 Å². The molecule has 0 spiro atoms. The van der Waals surface area contributed by atoms with Gasteiger partial charge in [0.2, 0.25) is 0 Å². The van der Waals surface area contributed by atoms with Crippen LogP contribution in [0.5, 0.6) is 0 Å². The molecular formula is C16H19NO5. The van der Waals surface area contributed by atoms with Gasteiger partial charge in [-0.25, -0.2) is 4.79 Å². The fourth-order valence-electron chi connectivity index (χ4n) is 2.36. The van der Waals surface area contributed by atoms with Crippen LogP contribution in [0.25, 0.3) is 0 Å². The highest BCUT2D eigenvalue weighted by Gasteiger charge is 2.34. The number of hydrogen-bond acceptors (Lipinski definition) is 5. The summed E-state index contributed by atoms with van der Waals surface area (Å²) in [5.41, 5.74) is 0.881. The van der Waals surface area contributed by atoms with Crippen molar-refractivity contribution in [2.24, 2.45) is 5.92 Å². The van der Waals surface area contributed by atoms with Crippen molar-refractivity contribution in [2.45, 2.75) is 19.4 Å². The minimum atomic E-state index is -0.920. The number of benzene rings is 1. The van der Waals surface area contributed by atoms with Crippen molar-refractivity contribution >= 4 is 17.8 Å². The van der Waals surface area contributed by atoms with Crippen LogP contribution in [0.15, 0.2) is 30.3 Å². The fraction of sp³-hybridized carbons (Fsp3) is 0.438. The summed E-state index contributed by atoms with van der Waals surface area (Å²) in [5, 5.41) is 0. The Morgan fingerprint density at radius 2 is 2.00 bits per heavy atom. The molecule has 0 aliphatic carbocycles. The Labute approximate surface area is 129 Å². The number of Topliss-reactive ketones (excluding diaryl/α,β-unsaturated/α-hetero) is 1. The van der Waals surface area contributed by atoms with Gasteiger partial charge < -0.3 is 14.4 Å².